The van der Waals surface area contributed by atoms with Crippen LogP contribution in [0, 0.1) is 5.82 Å². The highest BCUT2D eigenvalue weighted by Crippen LogP contribution is 2.25. The third-order valence-electron chi connectivity index (χ3n) is 3.19. The van der Waals surface area contributed by atoms with E-state index >= 15 is 0 Å². The number of sulfonamides is 1. The molecule has 2 atom stereocenters. The Bertz CT molecular complexity index is 652. The molecule has 1 heterocycles. The molecule has 0 unspecified atom stereocenters. The van der Waals surface area contributed by atoms with Gasteiger partial charge >= 0.3 is 5.97 Å². The van der Waals surface area contributed by atoms with Gasteiger partial charge in [0.25, 0.3) is 0 Å². The molecule has 7 nitrogen and oxygen atoms in total. The van der Waals surface area contributed by atoms with Gasteiger partial charge in [0.05, 0.1) is 29.8 Å². The summed E-state index contributed by atoms with van der Waals surface area (Å²) in [5, 5.41) is 18.9. The number of ether oxygens (including phenoxy) is 1. The first kappa shape index (κ1) is 15.8. The number of carbonyl (C=O) groups is 1. The van der Waals surface area contributed by atoms with Crippen LogP contribution in [0.2, 0.25) is 0 Å². The maximum atomic E-state index is 13.4. The molecule has 0 aromatic heterocycles. The monoisotopic (exact) mass is 319 g/mol. The largest absolute Gasteiger partial charge is 0.465 e. The van der Waals surface area contributed by atoms with E-state index < -0.39 is 38.9 Å². The molecule has 1 aliphatic heterocycles. The molecule has 2 N–H and O–H groups in total. The second-order valence-electron chi connectivity index (χ2n) is 4.59. The van der Waals surface area contributed by atoms with E-state index in [9.17, 15) is 27.8 Å². The van der Waals surface area contributed by atoms with Crippen LogP contribution in [-0.4, -0.2) is 61.3 Å². The van der Waals surface area contributed by atoms with Crippen molar-refractivity contribution in [1.82, 2.24) is 4.31 Å². The smallest absolute Gasteiger partial charge is 0.339 e. The summed E-state index contributed by atoms with van der Waals surface area (Å²) in [5.74, 6) is -1.75. The second-order valence-corrected chi connectivity index (χ2v) is 6.50. The second kappa shape index (κ2) is 5.68. The van der Waals surface area contributed by atoms with Crippen LogP contribution in [0.5, 0.6) is 0 Å². The van der Waals surface area contributed by atoms with Crippen LogP contribution in [0.4, 0.5) is 4.39 Å². The van der Waals surface area contributed by atoms with Gasteiger partial charge in [0.2, 0.25) is 10.0 Å². The van der Waals surface area contributed by atoms with Gasteiger partial charge in [-0.2, -0.15) is 4.31 Å². The molecule has 1 aromatic carbocycles. The Morgan fingerprint density at radius 2 is 1.90 bits per heavy atom. The van der Waals surface area contributed by atoms with Crippen molar-refractivity contribution in [1.29, 1.82) is 0 Å². The van der Waals surface area contributed by atoms with E-state index in [1.807, 2.05) is 0 Å². The minimum atomic E-state index is -4.24. The lowest BCUT2D eigenvalue weighted by Crippen LogP contribution is -2.31. The summed E-state index contributed by atoms with van der Waals surface area (Å²) in [6.07, 6.45) is -2.45. The lowest BCUT2D eigenvalue weighted by molar-refractivity contribution is 0.0572. The standard InChI is InChI=1S/C12H14FNO6S/c1-20-12(17)8-3-2-7(13)4-11(8)21(18,19)14-5-9(15)10(16)6-14/h2-4,9-10,15-16H,5-6H2,1H3/t9-,10+. The highest BCUT2D eigenvalue weighted by atomic mass is 32.2. The van der Waals surface area contributed by atoms with Gasteiger partial charge in [0.15, 0.2) is 0 Å². The van der Waals surface area contributed by atoms with E-state index in [1.165, 1.54) is 0 Å². The van der Waals surface area contributed by atoms with Gasteiger partial charge in [-0.3, -0.25) is 0 Å². The Balaban J connectivity index is 2.49. The molecule has 1 aliphatic rings. The number of rotatable bonds is 3. The number of nitrogens with zero attached hydrogens (tertiary/aromatic N) is 1. The normalized spacial score (nSPS) is 23.2. The molecule has 0 aliphatic carbocycles. The van der Waals surface area contributed by atoms with Crippen molar-refractivity contribution in [3.63, 3.8) is 0 Å². The van der Waals surface area contributed by atoms with E-state index in [1.54, 1.807) is 0 Å². The summed E-state index contributed by atoms with van der Waals surface area (Å²) in [4.78, 5) is 11.0. The predicted molar refractivity (Wildman–Crippen MR) is 68.5 cm³/mol. The summed E-state index contributed by atoms with van der Waals surface area (Å²) >= 11 is 0. The molecule has 21 heavy (non-hydrogen) atoms. The first-order valence-corrected chi connectivity index (χ1v) is 7.45. The number of methoxy groups -OCH3 is 1. The Kier molecular flexibility index (Phi) is 4.28. The number of aliphatic hydroxyl groups excluding tert-OH is 2. The van der Waals surface area contributed by atoms with Crippen molar-refractivity contribution < 1.29 is 32.6 Å². The van der Waals surface area contributed by atoms with Crippen molar-refractivity contribution in [2.24, 2.45) is 0 Å². The van der Waals surface area contributed by atoms with Crippen molar-refractivity contribution in [3.8, 4) is 0 Å². The van der Waals surface area contributed by atoms with Gasteiger partial charge in [-0.15, -0.1) is 0 Å². The zero-order valence-corrected chi connectivity index (χ0v) is 11.9. The molecule has 9 heteroatoms. The average Bonchev–Trinajstić information content (AvgIpc) is 2.78. The van der Waals surface area contributed by atoms with Crippen molar-refractivity contribution in [2.45, 2.75) is 17.1 Å². The number of halogens is 1. The van der Waals surface area contributed by atoms with Gasteiger partial charge in [-0.05, 0) is 18.2 Å². The van der Waals surface area contributed by atoms with Crippen LogP contribution < -0.4 is 0 Å². The maximum absolute atomic E-state index is 13.4. The van der Waals surface area contributed by atoms with Crippen molar-refractivity contribution in [3.05, 3.63) is 29.6 Å². The zero-order chi connectivity index (χ0) is 15.8. The Hall–Kier alpha value is -1.55. The molecule has 1 aromatic rings. The molecule has 0 radical (unpaired) electrons. The first-order valence-electron chi connectivity index (χ1n) is 6.01. The molecule has 116 valence electrons. The van der Waals surface area contributed by atoms with E-state index in [4.69, 9.17) is 0 Å². The van der Waals surface area contributed by atoms with Crippen LogP contribution in [0.1, 0.15) is 10.4 Å². The minimum absolute atomic E-state index is 0.310. The van der Waals surface area contributed by atoms with E-state index in [0.29, 0.717) is 6.07 Å². The number of β-amino-alcohol motifs (C(OH)–C–C–N with tert-alkyl or cyclic N) is 2. The minimum Gasteiger partial charge on any atom is -0.465 e. The molecule has 0 spiro atoms. The summed E-state index contributed by atoms with van der Waals surface area (Å²) < 4.78 is 43.5. The van der Waals surface area contributed by atoms with Crippen LogP contribution in [0.25, 0.3) is 0 Å². The Morgan fingerprint density at radius 1 is 1.33 bits per heavy atom. The first-order chi connectivity index (χ1) is 9.77. The number of carbonyl (C=O) groups excluding carboxylic acids is 1. The molecule has 1 saturated heterocycles. The maximum Gasteiger partial charge on any atom is 0.339 e. The number of esters is 1. The van der Waals surface area contributed by atoms with Crippen LogP contribution in [0.3, 0.4) is 0 Å². The fourth-order valence-electron chi connectivity index (χ4n) is 2.06. The fraction of sp³-hybridized carbons (Fsp3) is 0.417. The molecule has 0 saturated carbocycles. The highest BCUT2D eigenvalue weighted by molar-refractivity contribution is 7.89. The third-order valence-corrected chi connectivity index (χ3v) is 5.06. The van der Waals surface area contributed by atoms with E-state index in [0.717, 1.165) is 23.5 Å². The molecule has 2 rings (SSSR count). The zero-order valence-electron chi connectivity index (χ0n) is 11.1. The quantitative estimate of drug-likeness (QED) is 0.717. The third kappa shape index (κ3) is 2.91. The van der Waals surface area contributed by atoms with Gasteiger partial charge < -0.3 is 14.9 Å². The molecular weight excluding hydrogens is 305 g/mol. The predicted octanol–water partition coefficient (Wildman–Crippen LogP) is -0.662. The molecule has 0 bridgehead atoms. The Labute approximate surface area is 120 Å². The SMILES string of the molecule is COC(=O)c1ccc(F)cc1S(=O)(=O)N1C[C@@H](O)[C@@H](O)C1. The van der Waals surface area contributed by atoms with Gasteiger partial charge in [-0.1, -0.05) is 0 Å². The van der Waals surface area contributed by atoms with Crippen LogP contribution >= 0.6 is 0 Å². The van der Waals surface area contributed by atoms with Crippen molar-refractivity contribution >= 4 is 16.0 Å². The van der Waals surface area contributed by atoms with Crippen LogP contribution in [-0.2, 0) is 14.8 Å². The summed E-state index contributed by atoms with van der Waals surface area (Å²) in [5.41, 5.74) is -0.310. The van der Waals surface area contributed by atoms with Gasteiger partial charge in [0, 0.05) is 13.1 Å². The van der Waals surface area contributed by atoms with Gasteiger partial charge in [0.1, 0.15) is 5.82 Å². The topological polar surface area (TPSA) is 104 Å². The number of hydrogen-bond donors (Lipinski definition) is 2. The summed E-state index contributed by atoms with van der Waals surface area (Å²) in [6.45, 7) is -0.665. The van der Waals surface area contributed by atoms with Gasteiger partial charge in [-0.25, -0.2) is 17.6 Å². The van der Waals surface area contributed by atoms with E-state index in [-0.39, 0.29) is 18.7 Å². The lowest BCUT2D eigenvalue weighted by Gasteiger charge is -2.17. The molecular formula is C12H14FNO6S. The number of aliphatic hydroxyl groups is 2. The number of benzene rings is 1. The number of hydrogen-bond acceptors (Lipinski definition) is 6. The Morgan fingerprint density at radius 3 is 2.43 bits per heavy atom. The highest BCUT2D eigenvalue weighted by Gasteiger charge is 2.39. The lowest BCUT2D eigenvalue weighted by atomic mass is 10.2. The van der Waals surface area contributed by atoms with Crippen LogP contribution in [0.15, 0.2) is 23.1 Å². The van der Waals surface area contributed by atoms with Crippen molar-refractivity contribution in [2.75, 3.05) is 20.2 Å². The average molecular weight is 319 g/mol. The molecule has 1 fully saturated rings. The molecule has 0 amide bonds. The fourth-order valence-corrected chi connectivity index (χ4v) is 3.73. The summed E-state index contributed by atoms with van der Waals surface area (Å²) in [6, 6.07) is 2.66. The summed E-state index contributed by atoms with van der Waals surface area (Å²) in [7, 11) is -3.17. The van der Waals surface area contributed by atoms with E-state index in [2.05, 4.69) is 4.74 Å².